The zero-order chi connectivity index (χ0) is 25.3. The van der Waals surface area contributed by atoms with Gasteiger partial charge in [0, 0.05) is 57.7 Å². The lowest BCUT2D eigenvalue weighted by molar-refractivity contribution is 0.547. The molecule has 0 spiro atoms. The first-order valence-corrected chi connectivity index (χ1v) is 12.8. The summed E-state index contributed by atoms with van der Waals surface area (Å²) >= 11 is 0. The molecular weight excluding hydrogens is 466 g/mol. The second-order valence-electron chi connectivity index (χ2n) is 9.10. The number of piperazine rings is 1. The van der Waals surface area contributed by atoms with Gasteiger partial charge >= 0.3 is 0 Å². The molecule has 192 valence electrons. The Labute approximate surface area is 216 Å². The predicted octanol–water partition coefficient (Wildman–Crippen LogP) is 2.65. The van der Waals surface area contributed by atoms with E-state index in [1.807, 2.05) is 29.3 Å². The molecule has 1 aliphatic rings. The topological polar surface area (TPSA) is 127 Å². The van der Waals surface area contributed by atoms with Crippen molar-refractivity contribution in [3.8, 4) is 0 Å². The Morgan fingerprint density at radius 2 is 1.54 bits per heavy atom. The molecule has 4 heterocycles. The lowest BCUT2D eigenvalue weighted by Gasteiger charge is -2.34. The summed E-state index contributed by atoms with van der Waals surface area (Å²) < 4.78 is 1.93. The molecule has 11 nitrogen and oxygen atoms in total. The van der Waals surface area contributed by atoms with E-state index in [-0.39, 0.29) is 0 Å². The standard InChI is InChI=1S/C26H33N11/c27-9-5-2-6-10-37-19-23(18-32-37)33-24-30-20-31-26(34-24)36-13-11-35(12-14-36)25-28-16-22(17-29-25)15-21-7-3-1-4-8-21/h1,3-4,7-8,16-20H,2,5-6,9-15,27H2,(H,30,31,33,34). The van der Waals surface area contributed by atoms with Gasteiger partial charge in [-0.2, -0.15) is 10.1 Å². The molecular formula is C26H33N11. The van der Waals surface area contributed by atoms with Crippen LogP contribution in [-0.4, -0.2) is 67.4 Å². The van der Waals surface area contributed by atoms with Gasteiger partial charge < -0.3 is 20.9 Å². The summed E-state index contributed by atoms with van der Waals surface area (Å²) in [6, 6.07) is 10.4. The van der Waals surface area contributed by atoms with Crippen molar-refractivity contribution >= 4 is 23.5 Å². The van der Waals surface area contributed by atoms with E-state index in [0.29, 0.717) is 11.9 Å². The monoisotopic (exact) mass is 499 g/mol. The smallest absolute Gasteiger partial charge is 0.232 e. The summed E-state index contributed by atoms with van der Waals surface area (Å²) in [7, 11) is 0. The van der Waals surface area contributed by atoms with Gasteiger partial charge in [-0.1, -0.05) is 36.8 Å². The molecule has 0 amide bonds. The molecule has 1 aliphatic heterocycles. The molecule has 0 aliphatic carbocycles. The number of nitrogens with zero attached hydrogens (tertiary/aromatic N) is 9. The summed E-state index contributed by atoms with van der Waals surface area (Å²) in [5.41, 5.74) is 8.78. The Bertz CT molecular complexity index is 1230. The van der Waals surface area contributed by atoms with Gasteiger partial charge in [0.2, 0.25) is 17.8 Å². The van der Waals surface area contributed by atoms with E-state index in [2.05, 4.69) is 69.4 Å². The Morgan fingerprint density at radius 1 is 0.784 bits per heavy atom. The van der Waals surface area contributed by atoms with Crippen LogP contribution in [0.4, 0.5) is 23.5 Å². The second-order valence-corrected chi connectivity index (χ2v) is 9.10. The summed E-state index contributed by atoms with van der Waals surface area (Å²) in [6.45, 7) is 4.75. The van der Waals surface area contributed by atoms with Crippen LogP contribution in [0.25, 0.3) is 0 Å². The molecule has 11 heteroatoms. The maximum atomic E-state index is 5.56. The SMILES string of the molecule is NCCCCCn1cc(Nc2ncnc(N3CCN(c4ncc(Cc5ccccc5)cn4)CC3)n2)cn1. The van der Waals surface area contributed by atoms with Crippen LogP contribution in [-0.2, 0) is 13.0 Å². The Kier molecular flexibility index (Phi) is 8.11. The lowest BCUT2D eigenvalue weighted by Crippen LogP contribution is -2.47. The molecule has 1 saturated heterocycles. The average molecular weight is 500 g/mol. The molecule has 0 saturated carbocycles. The van der Waals surface area contributed by atoms with E-state index in [1.54, 1.807) is 12.5 Å². The molecule has 0 radical (unpaired) electrons. The Morgan fingerprint density at radius 3 is 2.30 bits per heavy atom. The molecule has 4 aromatic rings. The highest BCUT2D eigenvalue weighted by molar-refractivity contribution is 5.51. The van der Waals surface area contributed by atoms with Crippen LogP contribution in [0.15, 0.2) is 61.4 Å². The number of nitrogens with two attached hydrogens (primary N) is 1. The van der Waals surface area contributed by atoms with Crippen LogP contribution in [0.2, 0.25) is 0 Å². The zero-order valence-corrected chi connectivity index (χ0v) is 20.9. The van der Waals surface area contributed by atoms with Crippen LogP contribution in [0.1, 0.15) is 30.4 Å². The molecule has 37 heavy (non-hydrogen) atoms. The minimum Gasteiger partial charge on any atom is -0.337 e. The van der Waals surface area contributed by atoms with Crippen LogP contribution in [0.3, 0.4) is 0 Å². The normalized spacial score (nSPS) is 13.6. The molecule has 1 aromatic carbocycles. The fraction of sp³-hybridized carbons (Fsp3) is 0.385. The van der Waals surface area contributed by atoms with Gasteiger partial charge in [-0.3, -0.25) is 4.68 Å². The highest BCUT2D eigenvalue weighted by Gasteiger charge is 2.21. The van der Waals surface area contributed by atoms with E-state index >= 15 is 0 Å². The lowest BCUT2D eigenvalue weighted by atomic mass is 10.1. The van der Waals surface area contributed by atoms with Crippen molar-refractivity contribution in [2.45, 2.75) is 32.2 Å². The van der Waals surface area contributed by atoms with Crippen molar-refractivity contribution < 1.29 is 0 Å². The molecule has 1 fully saturated rings. The second kappa shape index (κ2) is 12.2. The van der Waals surface area contributed by atoms with Crippen molar-refractivity contribution in [1.29, 1.82) is 0 Å². The third kappa shape index (κ3) is 6.76. The van der Waals surface area contributed by atoms with Gasteiger partial charge in [0.1, 0.15) is 6.33 Å². The molecule has 0 atom stereocenters. The number of benzene rings is 1. The number of nitrogens with one attached hydrogen (secondary N) is 1. The fourth-order valence-electron chi connectivity index (χ4n) is 4.32. The maximum Gasteiger partial charge on any atom is 0.232 e. The van der Waals surface area contributed by atoms with E-state index in [1.165, 1.54) is 5.56 Å². The first-order valence-electron chi connectivity index (χ1n) is 12.8. The highest BCUT2D eigenvalue weighted by Crippen LogP contribution is 2.18. The number of anilines is 4. The summed E-state index contributed by atoms with van der Waals surface area (Å²) in [5.74, 6) is 1.92. The van der Waals surface area contributed by atoms with E-state index in [0.717, 1.165) is 82.2 Å². The third-order valence-corrected chi connectivity index (χ3v) is 6.33. The van der Waals surface area contributed by atoms with Crippen LogP contribution < -0.4 is 20.9 Å². The van der Waals surface area contributed by atoms with Crippen molar-refractivity contribution in [2.24, 2.45) is 5.73 Å². The zero-order valence-electron chi connectivity index (χ0n) is 20.9. The average Bonchev–Trinajstić information content (AvgIpc) is 3.39. The molecule has 0 unspecified atom stereocenters. The van der Waals surface area contributed by atoms with Gasteiger partial charge in [0.05, 0.1) is 11.9 Å². The van der Waals surface area contributed by atoms with Crippen LogP contribution in [0.5, 0.6) is 0 Å². The fourth-order valence-corrected chi connectivity index (χ4v) is 4.32. The number of hydrogen-bond acceptors (Lipinski definition) is 10. The molecule has 3 aromatic heterocycles. The molecule has 0 bridgehead atoms. The van der Waals surface area contributed by atoms with E-state index in [9.17, 15) is 0 Å². The van der Waals surface area contributed by atoms with Crippen molar-refractivity contribution in [1.82, 2.24) is 34.7 Å². The predicted molar refractivity (Wildman–Crippen MR) is 144 cm³/mol. The quantitative estimate of drug-likeness (QED) is 0.297. The van der Waals surface area contributed by atoms with Gasteiger partial charge in [0.25, 0.3) is 0 Å². The summed E-state index contributed by atoms with van der Waals surface area (Å²) in [4.78, 5) is 26.9. The van der Waals surface area contributed by atoms with Crippen molar-refractivity contribution in [2.75, 3.05) is 47.8 Å². The van der Waals surface area contributed by atoms with Gasteiger partial charge in [-0.05, 0) is 30.5 Å². The molecule has 5 rings (SSSR count). The summed E-state index contributed by atoms with van der Waals surface area (Å²) in [5, 5.41) is 7.65. The number of unbranched alkanes of at least 4 members (excludes halogenated alkanes) is 2. The molecule has 3 N–H and O–H groups in total. The van der Waals surface area contributed by atoms with Gasteiger partial charge in [0.15, 0.2) is 0 Å². The van der Waals surface area contributed by atoms with E-state index in [4.69, 9.17) is 5.73 Å². The van der Waals surface area contributed by atoms with Gasteiger partial charge in [-0.25, -0.2) is 19.9 Å². The minimum atomic E-state index is 0.507. The first-order chi connectivity index (χ1) is 18.3. The van der Waals surface area contributed by atoms with Crippen LogP contribution >= 0.6 is 0 Å². The highest BCUT2D eigenvalue weighted by atomic mass is 15.4. The number of hydrogen-bond donors (Lipinski definition) is 2. The third-order valence-electron chi connectivity index (χ3n) is 6.33. The maximum absolute atomic E-state index is 5.56. The number of aromatic nitrogens is 7. The van der Waals surface area contributed by atoms with Gasteiger partial charge in [-0.15, -0.1) is 0 Å². The first kappa shape index (κ1) is 24.6. The minimum absolute atomic E-state index is 0.507. The number of aryl methyl sites for hydroxylation is 1. The number of rotatable bonds is 11. The van der Waals surface area contributed by atoms with Crippen molar-refractivity contribution in [3.63, 3.8) is 0 Å². The Balaban J connectivity index is 1.13. The Hall–Kier alpha value is -4.12. The summed E-state index contributed by atoms with van der Waals surface area (Å²) in [6.07, 6.45) is 13.2. The van der Waals surface area contributed by atoms with E-state index < -0.39 is 0 Å². The largest absolute Gasteiger partial charge is 0.337 e. The van der Waals surface area contributed by atoms with Crippen molar-refractivity contribution in [3.05, 3.63) is 72.6 Å². The van der Waals surface area contributed by atoms with Crippen LogP contribution in [0, 0.1) is 0 Å².